The van der Waals surface area contributed by atoms with Gasteiger partial charge in [0.25, 0.3) is 0 Å². The summed E-state index contributed by atoms with van der Waals surface area (Å²) in [6.07, 6.45) is 6.55. The van der Waals surface area contributed by atoms with Gasteiger partial charge in [0.1, 0.15) is 0 Å². The van der Waals surface area contributed by atoms with Crippen LogP contribution in [0.5, 0.6) is 0 Å². The summed E-state index contributed by atoms with van der Waals surface area (Å²) in [6, 6.07) is 0.190. The Morgan fingerprint density at radius 1 is 1.25 bits per heavy atom. The van der Waals surface area contributed by atoms with Gasteiger partial charge in [-0.25, -0.2) is 4.79 Å². The van der Waals surface area contributed by atoms with Crippen molar-refractivity contribution < 1.29 is 4.79 Å². The maximum Gasteiger partial charge on any atom is 0.314 e. The molecule has 3 nitrogen and oxygen atoms in total. The lowest BCUT2D eigenvalue weighted by molar-refractivity contribution is 0.234. The summed E-state index contributed by atoms with van der Waals surface area (Å²) in [7, 11) is 0. The summed E-state index contributed by atoms with van der Waals surface area (Å²) in [4.78, 5) is 11.3. The second kappa shape index (κ2) is 6.77. The number of hydrogen-bond donors (Lipinski definition) is 2. The normalized spacial score (nSPS) is 25.5. The van der Waals surface area contributed by atoms with E-state index in [1.54, 1.807) is 0 Å². The number of nitrogens with one attached hydrogen (secondary N) is 2. The van der Waals surface area contributed by atoms with Crippen molar-refractivity contribution in [2.24, 2.45) is 11.8 Å². The van der Waals surface area contributed by atoms with Crippen LogP contribution in [0.4, 0.5) is 4.79 Å². The highest BCUT2D eigenvalue weighted by atomic mass is 16.2. The van der Waals surface area contributed by atoms with E-state index < -0.39 is 0 Å². The summed E-state index contributed by atoms with van der Waals surface area (Å²) >= 11 is 0. The lowest BCUT2D eigenvalue weighted by Gasteiger charge is -2.26. The molecule has 0 radical (unpaired) electrons. The van der Waals surface area contributed by atoms with E-state index in [1.165, 1.54) is 25.7 Å². The van der Waals surface area contributed by atoms with Crippen LogP contribution in [0.3, 0.4) is 0 Å². The Morgan fingerprint density at radius 2 is 1.88 bits per heavy atom. The third-order valence-corrected chi connectivity index (χ3v) is 3.39. The van der Waals surface area contributed by atoms with Crippen LogP contribution in [0.1, 0.15) is 52.9 Å². The fourth-order valence-electron chi connectivity index (χ4n) is 2.32. The molecular weight excluding hydrogens is 200 g/mol. The van der Waals surface area contributed by atoms with Gasteiger partial charge in [0.05, 0.1) is 0 Å². The number of hydrogen-bond acceptors (Lipinski definition) is 1. The van der Waals surface area contributed by atoms with Crippen molar-refractivity contribution >= 4 is 6.03 Å². The minimum absolute atomic E-state index is 0.0285. The van der Waals surface area contributed by atoms with Gasteiger partial charge >= 0.3 is 6.03 Å². The zero-order chi connectivity index (χ0) is 12.0. The average Bonchev–Trinajstić information content (AvgIpc) is 2.20. The van der Waals surface area contributed by atoms with Crippen molar-refractivity contribution in [2.75, 3.05) is 6.54 Å². The smallest absolute Gasteiger partial charge is 0.314 e. The largest absolute Gasteiger partial charge is 0.338 e. The van der Waals surface area contributed by atoms with Crippen LogP contribution < -0.4 is 10.6 Å². The van der Waals surface area contributed by atoms with Crippen LogP contribution in [0.25, 0.3) is 0 Å². The molecule has 0 atom stereocenters. The fraction of sp³-hybridized carbons (Fsp3) is 0.923. The van der Waals surface area contributed by atoms with Gasteiger partial charge in [0.2, 0.25) is 0 Å². The SMILES string of the molecule is CC1CCC(CCNC(=O)NC(C)C)CC1. The van der Waals surface area contributed by atoms with Crippen molar-refractivity contribution in [3.63, 3.8) is 0 Å². The molecule has 0 unspecified atom stereocenters. The number of carbonyl (C=O) groups excluding carboxylic acids is 1. The zero-order valence-electron chi connectivity index (χ0n) is 10.9. The Bertz CT molecular complexity index is 208. The first kappa shape index (κ1) is 13.3. The van der Waals surface area contributed by atoms with Crippen LogP contribution in [0.15, 0.2) is 0 Å². The summed E-state index contributed by atoms with van der Waals surface area (Å²) in [5.41, 5.74) is 0. The molecule has 2 N–H and O–H groups in total. The quantitative estimate of drug-likeness (QED) is 0.760. The molecule has 0 aromatic heterocycles. The number of rotatable bonds is 4. The van der Waals surface area contributed by atoms with Gasteiger partial charge in [-0.2, -0.15) is 0 Å². The van der Waals surface area contributed by atoms with Crippen LogP contribution in [-0.2, 0) is 0 Å². The van der Waals surface area contributed by atoms with Crippen LogP contribution in [0.2, 0.25) is 0 Å². The molecule has 1 aliphatic carbocycles. The molecule has 0 spiro atoms. The predicted molar refractivity (Wildman–Crippen MR) is 67.4 cm³/mol. The summed E-state index contributed by atoms with van der Waals surface area (Å²) in [6.45, 7) is 7.10. The molecule has 1 aliphatic rings. The molecule has 0 aromatic rings. The summed E-state index contributed by atoms with van der Waals surface area (Å²) in [5.74, 6) is 1.74. The molecule has 1 fully saturated rings. The van der Waals surface area contributed by atoms with E-state index in [9.17, 15) is 4.79 Å². The van der Waals surface area contributed by atoms with Crippen LogP contribution in [0, 0.1) is 11.8 Å². The Labute approximate surface area is 99.4 Å². The molecule has 1 rings (SSSR count). The Morgan fingerprint density at radius 3 is 2.44 bits per heavy atom. The first-order valence-electron chi connectivity index (χ1n) is 6.62. The van der Waals surface area contributed by atoms with E-state index in [-0.39, 0.29) is 12.1 Å². The number of amides is 2. The molecule has 0 saturated heterocycles. The molecule has 2 amide bonds. The number of carbonyl (C=O) groups is 1. The molecular formula is C13H26N2O. The lowest BCUT2D eigenvalue weighted by atomic mass is 9.81. The van der Waals surface area contributed by atoms with E-state index in [0.29, 0.717) is 0 Å². The Kier molecular flexibility index (Phi) is 5.64. The standard InChI is InChI=1S/C13H26N2O/c1-10(2)15-13(16)14-9-8-12-6-4-11(3)5-7-12/h10-12H,4-9H2,1-3H3,(H2,14,15,16). The monoisotopic (exact) mass is 226 g/mol. The minimum atomic E-state index is -0.0285. The van der Waals surface area contributed by atoms with E-state index in [4.69, 9.17) is 0 Å². The van der Waals surface area contributed by atoms with Crippen molar-refractivity contribution in [1.29, 1.82) is 0 Å². The van der Waals surface area contributed by atoms with Crippen LogP contribution >= 0.6 is 0 Å². The summed E-state index contributed by atoms with van der Waals surface area (Å²) < 4.78 is 0. The van der Waals surface area contributed by atoms with E-state index in [0.717, 1.165) is 24.8 Å². The third-order valence-electron chi connectivity index (χ3n) is 3.39. The van der Waals surface area contributed by atoms with Crippen LogP contribution in [-0.4, -0.2) is 18.6 Å². The van der Waals surface area contributed by atoms with Gasteiger partial charge in [-0.15, -0.1) is 0 Å². The third kappa shape index (κ3) is 5.38. The maximum absolute atomic E-state index is 11.3. The Hall–Kier alpha value is -0.730. The second-order valence-electron chi connectivity index (χ2n) is 5.47. The van der Waals surface area contributed by atoms with Gasteiger partial charge in [0.15, 0.2) is 0 Å². The van der Waals surface area contributed by atoms with Gasteiger partial charge in [-0.1, -0.05) is 32.6 Å². The fourth-order valence-corrected chi connectivity index (χ4v) is 2.32. The van der Waals surface area contributed by atoms with Gasteiger partial charge in [-0.3, -0.25) is 0 Å². The van der Waals surface area contributed by atoms with E-state index in [2.05, 4.69) is 17.6 Å². The highest BCUT2D eigenvalue weighted by Gasteiger charge is 2.17. The van der Waals surface area contributed by atoms with Crippen molar-refractivity contribution in [1.82, 2.24) is 10.6 Å². The summed E-state index contributed by atoms with van der Waals surface area (Å²) in [5, 5.41) is 5.76. The second-order valence-corrected chi connectivity index (χ2v) is 5.47. The average molecular weight is 226 g/mol. The minimum Gasteiger partial charge on any atom is -0.338 e. The molecule has 0 aromatic carbocycles. The van der Waals surface area contributed by atoms with Crippen molar-refractivity contribution in [2.45, 2.75) is 58.9 Å². The zero-order valence-corrected chi connectivity index (χ0v) is 10.9. The molecule has 0 heterocycles. The van der Waals surface area contributed by atoms with E-state index >= 15 is 0 Å². The Balaban J connectivity index is 2.04. The number of urea groups is 1. The van der Waals surface area contributed by atoms with Gasteiger partial charge < -0.3 is 10.6 Å². The van der Waals surface area contributed by atoms with E-state index in [1.807, 2.05) is 13.8 Å². The van der Waals surface area contributed by atoms with Crippen molar-refractivity contribution in [3.8, 4) is 0 Å². The van der Waals surface area contributed by atoms with Gasteiger partial charge in [0, 0.05) is 12.6 Å². The topological polar surface area (TPSA) is 41.1 Å². The molecule has 94 valence electrons. The highest BCUT2D eigenvalue weighted by molar-refractivity contribution is 5.73. The molecule has 16 heavy (non-hydrogen) atoms. The molecule has 0 bridgehead atoms. The highest BCUT2D eigenvalue weighted by Crippen LogP contribution is 2.29. The predicted octanol–water partition coefficient (Wildman–Crippen LogP) is 2.91. The van der Waals surface area contributed by atoms with Gasteiger partial charge in [-0.05, 0) is 32.1 Å². The van der Waals surface area contributed by atoms with Crippen molar-refractivity contribution in [3.05, 3.63) is 0 Å². The maximum atomic E-state index is 11.3. The molecule has 0 aliphatic heterocycles. The first-order chi connectivity index (χ1) is 7.58. The molecule has 1 saturated carbocycles. The molecule has 3 heteroatoms. The first-order valence-corrected chi connectivity index (χ1v) is 6.62. The lowest BCUT2D eigenvalue weighted by Crippen LogP contribution is -2.40.